The van der Waals surface area contributed by atoms with E-state index in [-0.39, 0.29) is 11.9 Å². The zero-order valence-electron chi connectivity index (χ0n) is 8.71. The van der Waals surface area contributed by atoms with Crippen LogP contribution in [-0.2, 0) is 4.79 Å². The van der Waals surface area contributed by atoms with Crippen molar-refractivity contribution in [2.75, 3.05) is 17.6 Å². The lowest BCUT2D eigenvalue weighted by Crippen LogP contribution is -2.23. The van der Waals surface area contributed by atoms with Gasteiger partial charge in [-0.2, -0.15) is 0 Å². The molecule has 0 aromatic heterocycles. The topological polar surface area (TPSA) is 67.2 Å². The first-order valence-corrected chi connectivity index (χ1v) is 5.05. The minimum Gasteiger partial charge on any atom is -0.397 e. The molecule has 1 aliphatic rings. The maximum atomic E-state index is 11.0. The fourth-order valence-corrected chi connectivity index (χ4v) is 1.80. The van der Waals surface area contributed by atoms with Crippen molar-refractivity contribution in [1.29, 1.82) is 0 Å². The summed E-state index contributed by atoms with van der Waals surface area (Å²) in [6.45, 7) is 2.68. The number of hydrogen-bond donors (Lipinski definition) is 3. The average molecular weight is 205 g/mol. The number of aryl methyl sites for hydroxylation is 1. The highest BCUT2D eigenvalue weighted by Gasteiger charge is 2.21. The minimum atomic E-state index is 0.0969. The van der Waals surface area contributed by atoms with Crippen LogP contribution in [0.2, 0.25) is 0 Å². The van der Waals surface area contributed by atoms with E-state index < -0.39 is 0 Å². The van der Waals surface area contributed by atoms with E-state index in [0.717, 1.165) is 16.9 Å². The third-order valence-electron chi connectivity index (χ3n) is 2.63. The molecular formula is C11H15N3O. The van der Waals surface area contributed by atoms with E-state index in [2.05, 4.69) is 10.6 Å². The second kappa shape index (κ2) is 3.81. The molecule has 0 spiro atoms. The van der Waals surface area contributed by atoms with Crippen molar-refractivity contribution in [2.45, 2.75) is 19.4 Å². The monoisotopic (exact) mass is 205 g/mol. The van der Waals surface area contributed by atoms with Gasteiger partial charge in [-0.3, -0.25) is 4.79 Å². The van der Waals surface area contributed by atoms with Gasteiger partial charge in [-0.1, -0.05) is 12.1 Å². The number of benzene rings is 1. The molecule has 0 bridgehead atoms. The fraction of sp³-hybridized carbons (Fsp3) is 0.364. The zero-order valence-corrected chi connectivity index (χ0v) is 8.71. The van der Waals surface area contributed by atoms with E-state index in [1.165, 1.54) is 0 Å². The molecule has 1 aliphatic heterocycles. The molecular weight excluding hydrogens is 190 g/mol. The maximum Gasteiger partial charge on any atom is 0.222 e. The first-order chi connectivity index (χ1) is 7.16. The number of carbonyl (C=O) groups is 1. The third-order valence-corrected chi connectivity index (χ3v) is 2.63. The Morgan fingerprint density at radius 3 is 2.93 bits per heavy atom. The number of rotatable bonds is 2. The predicted molar refractivity (Wildman–Crippen MR) is 60.6 cm³/mol. The van der Waals surface area contributed by atoms with E-state index in [1.807, 2.05) is 25.1 Å². The van der Waals surface area contributed by atoms with Gasteiger partial charge in [0.15, 0.2) is 0 Å². The largest absolute Gasteiger partial charge is 0.397 e. The van der Waals surface area contributed by atoms with E-state index in [1.54, 1.807) is 0 Å². The van der Waals surface area contributed by atoms with Crippen LogP contribution < -0.4 is 16.4 Å². The van der Waals surface area contributed by atoms with Crippen LogP contribution in [0, 0.1) is 6.92 Å². The van der Waals surface area contributed by atoms with Gasteiger partial charge >= 0.3 is 0 Å². The van der Waals surface area contributed by atoms with Crippen LogP contribution in [0.4, 0.5) is 11.4 Å². The number of hydrogen-bond acceptors (Lipinski definition) is 3. The molecule has 1 aromatic carbocycles. The molecule has 4 N–H and O–H groups in total. The Morgan fingerprint density at radius 1 is 1.53 bits per heavy atom. The Kier molecular flexibility index (Phi) is 2.49. The second-order valence-corrected chi connectivity index (χ2v) is 3.89. The molecule has 80 valence electrons. The van der Waals surface area contributed by atoms with Gasteiger partial charge in [0, 0.05) is 13.0 Å². The number of carbonyl (C=O) groups excluding carboxylic acids is 1. The molecule has 1 heterocycles. The fourth-order valence-electron chi connectivity index (χ4n) is 1.80. The molecule has 1 atom stereocenters. The van der Waals surface area contributed by atoms with Crippen molar-refractivity contribution >= 4 is 17.3 Å². The second-order valence-electron chi connectivity index (χ2n) is 3.89. The molecule has 0 aliphatic carbocycles. The van der Waals surface area contributed by atoms with E-state index in [9.17, 15) is 4.79 Å². The molecule has 1 aromatic rings. The summed E-state index contributed by atoms with van der Waals surface area (Å²) >= 11 is 0. The summed E-state index contributed by atoms with van der Waals surface area (Å²) in [6, 6.07) is 5.94. The number of nitrogens with one attached hydrogen (secondary N) is 2. The van der Waals surface area contributed by atoms with Gasteiger partial charge in [0.05, 0.1) is 17.4 Å². The molecule has 4 nitrogen and oxygen atoms in total. The number of amides is 1. The Balaban J connectivity index is 2.13. The summed E-state index contributed by atoms with van der Waals surface area (Å²) in [6.07, 6.45) is 0.522. The molecule has 1 amide bonds. The Bertz CT molecular complexity index is 369. The van der Waals surface area contributed by atoms with Gasteiger partial charge in [0.2, 0.25) is 5.91 Å². The third kappa shape index (κ3) is 2.03. The van der Waals surface area contributed by atoms with Gasteiger partial charge in [-0.15, -0.1) is 0 Å². The lowest BCUT2D eigenvalue weighted by Gasteiger charge is -2.16. The Labute approximate surface area is 88.9 Å². The van der Waals surface area contributed by atoms with Crippen LogP contribution in [0.3, 0.4) is 0 Å². The zero-order chi connectivity index (χ0) is 10.8. The predicted octanol–water partition coefficient (Wildman–Crippen LogP) is 0.878. The van der Waals surface area contributed by atoms with Crippen molar-refractivity contribution in [3.8, 4) is 0 Å². The van der Waals surface area contributed by atoms with Crippen LogP contribution in [-0.4, -0.2) is 18.5 Å². The maximum absolute atomic E-state index is 11.0. The molecule has 1 saturated heterocycles. The van der Waals surface area contributed by atoms with Gasteiger partial charge in [0.25, 0.3) is 0 Å². The Morgan fingerprint density at radius 2 is 2.33 bits per heavy atom. The normalized spacial score (nSPS) is 20.1. The summed E-state index contributed by atoms with van der Waals surface area (Å²) < 4.78 is 0. The lowest BCUT2D eigenvalue weighted by molar-refractivity contribution is -0.119. The van der Waals surface area contributed by atoms with E-state index in [4.69, 9.17) is 5.73 Å². The molecule has 2 rings (SSSR count). The van der Waals surface area contributed by atoms with Gasteiger partial charge in [0.1, 0.15) is 0 Å². The highest BCUT2D eigenvalue weighted by atomic mass is 16.1. The summed E-state index contributed by atoms with van der Waals surface area (Å²) in [4.78, 5) is 11.0. The number of para-hydroxylation sites is 1. The Hall–Kier alpha value is -1.71. The quantitative estimate of drug-likeness (QED) is 0.628. The molecule has 15 heavy (non-hydrogen) atoms. The van der Waals surface area contributed by atoms with Crippen molar-refractivity contribution in [2.24, 2.45) is 0 Å². The summed E-state index contributed by atoms with van der Waals surface area (Å²) in [5.74, 6) is 0.0969. The summed E-state index contributed by atoms with van der Waals surface area (Å²) in [5, 5.41) is 6.09. The molecule has 4 heteroatoms. The summed E-state index contributed by atoms with van der Waals surface area (Å²) in [7, 11) is 0. The van der Waals surface area contributed by atoms with Crippen LogP contribution in [0.15, 0.2) is 18.2 Å². The van der Waals surface area contributed by atoms with Crippen LogP contribution in [0.5, 0.6) is 0 Å². The van der Waals surface area contributed by atoms with Crippen LogP contribution in [0.25, 0.3) is 0 Å². The van der Waals surface area contributed by atoms with Crippen molar-refractivity contribution < 1.29 is 4.79 Å². The van der Waals surface area contributed by atoms with Gasteiger partial charge in [-0.25, -0.2) is 0 Å². The average Bonchev–Trinajstić information content (AvgIpc) is 2.58. The van der Waals surface area contributed by atoms with Crippen LogP contribution in [0.1, 0.15) is 12.0 Å². The molecule has 1 fully saturated rings. The highest BCUT2D eigenvalue weighted by Crippen LogP contribution is 2.24. The minimum absolute atomic E-state index is 0.0969. The molecule has 1 unspecified atom stereocenters. The van der Waals surface area contributed by atoms with Crippen molar-refractivity contribution in [1.82, 2.24) is 5.32 Å². The number of nitrogen functional groups attached to an aromatic ring is 1. The molecule has 0 saturated carbocycles. The highest BCUT2D eigenvalue weighted by molar-refractivity contribution is 5.80. The van der Waals surface area contributed by atoms with Gasteiger partial charge < -0.3 is 16.4 Å². The van der Waals surface area contributed by atoms with Crippen molar-refractivity contribution in [3.63, 3.8) is 0 Å². The van der Waals surface area contributed by atoms with E-state index in [0.29, 0.717) is 13.0 Å². The smallest absolute Gasteiger partial charge is 0.222 e. The molecule has 0 radical (unpaired) electrons. The van der Waals surface area contributed by atoms with Gasteiger partial charge in [-0.05, 0) is 18.6 Å². The van der Waals surface area contributed by atoms with Crippen molar-refractivity contribution in [3.05, 3.63) is 23.8 Å². The van der Waals surface area contributed by atoms with Crippen LogP contribution >= 0.6 is 0 Å². The number of nitrogens with two attached hydrogens (primary N) is 1. The summed E-state index contributed by atoms with van der Waals surface area (Å²) in [5.41, 5.74) is 8.65. The SMILES string of the molecule is Cc1cccc(N)c1NC1CNC(=O)C1. The number of anilines is 2. The lowest BCUT2D eigenvalue weighted by atomic mass is 10.1. The first-order valence-electron chi connectivity index (χ1n) is 5.05. The standard InChI is InChI=1S/C11H15N3O/c1-7-3-2-4-9(12)11(7)14-8-5-10(15)13-6-8/h2-4,8,14H,5-6,12H2,1H3,(H,13,15). The van der Waals surface area contributed by atoms with E-state index >= 15 is 0 Å². The first kappa shape index (κ1) is 9.83.